The molecule has 0 bridgehead atoms. The molecular formula is C31H34N4O2. The molecule has 1 unspecified atom stereocenters. The topological polar surface area (TPSA) is 73.8 Å². The summed E-state index contributed by atoms with van der Waals surface area (Å²) in [5.74, 6) is -0.841. The summed E-state index contributed by atoms with van der Waals surface area (Å²) < 4.78 is 0. The SMILES string of the molecule is Cc1ccc([C@@H](C)NC(=O)c2ccc3c(c2)C(C=Nc2ccc(CN4CCCCC4)cc2)C(=O)N3)cc1. The van der Waals surface area contributed by atoms with E-state index in [4.69, 9.17) is 0 Å². The van der Waals surface area contributed by atoms with Crippen LogP contribution in [0.1, 0.15) is 70.8 Å². The smallest absolute Gasteiger partial charge is 0.251 e. The highest BCUT2D eigenvalue weighted by Gasteiger charge is 2.30. The van der Waals surface area contributed by atoms with Crippen LogP contribution in [0.15, 0.2) is 71.7 Å². The maximum atomic E-state index is 13.0. The minimum absolute atomic E-state index is 0.128. The first-order chi connectivity index (χ1) is 18.0. The molecule has 0 saturated carbocycles. The zero-order valence-corrected chi connectivity index (χ0v) is 21.5. The highest BCUT2D eigenvalue weighted by Crippen LogP contribution is 2.33. The standard InChI is InChI=1S/C31H34N4O2/c1-21-6-10-24(11-7-21)22(2)33-30(36)25-12-15-29-27(18-25)28(31(37)34-29)19-32-26-13-8-23(9-14-26)20-35-16-4-3-5-17-35/h6-15,18-19,22,28H,3-5,16-17,20H2,1-2H3,(H,33,36)(H,34,37)/t22-,28?/m1/s1. The second-order valence-corrected chi connectivity index (χ2v) is 10.2. The van der Waals surface area contributed by atoms with E-state index in [-0.39, 0.29) is 17.9 Å². The van der Waals surface area contributed by atoms with Crippen LogP contribution in [0.2, 0.25) is 0 Å². The van der Waals surface area contributed by atoms with Crippen molar-refractivity contribution < 1.29 is 9.59 Å². The molecule has 0 radical (unpaired) electrons. The van der Waals surface area contributed by atoms with Crippen LogP contribution in [0.5, 0.6) is 0 Å². The average molecular weight is 495 g/mol. The molecule has 3 aromatic rings. The fourth-order valence-corrected chi connectivity index (χ4v) is 5.02. The van der Waals surface area contributed by atoms with Gasteiger partial charge in [-0.05, 0) is 86.8 Å². The first-order valence-electron chi connectivity index (χ1n) is 13.1. The van der Waals surface area contributed by atoms with E-state index in [0.29, 0.717) is 5.56 Å². The van der Waals surface area contributed by atoms with Crippen molar-refractivity contribution >= 4 is 29.4 Å². The third-order valence-corrected chi connectivity index (χ3v) is 7.28. The molecule has 2 aliphatic heterocycles. The summed E-state index contributed by atoms with van der Waals surface area (Å²) in [5.41, 5.74) is 6.33. The quantitative estimate of drug-likeness (QED) is 0.401. The summed E-state index contributed by atoms with van der Waals surface area (Å²) in [4.78, 5) is 32.8. The zero-order valence-electron chi connectivity index (χ0n) is 21.5. The number of nitrogens with one attached hydrogen (secondary N) is 2. The van der Waals surface area contributed by atoms with Crippen molar-refractivity contribution in [2.24, 2.45) is 4.99 Å². The Morgan fingerprint density at radius 3 is 2.51 bits per heavy atom. The van der Waals surface area contributed by atoms with E-state index >= 15 is 0 Å². The van der Waals surface area contributed by atoms with Gasteiger partial charge in [-0.3, -0.25) is 19.5 Å². The molecule has 0 spiro atoms. The highest BCUT2D eigenvalue weighted by atomic mass is 16.2. The number of carbonyl (C=O) groups is 2. The lowest BCUT2D eigenvalue weighted by molar-refractivity contribution is -0.115. The number of piperidine rings is 1. The van der Waals surface area contributed by atoms with Crippen LogP contribution in [-0.2, 0) is 11.3 Å². The van der Waals surface area contributed by atoms with Gasteiger partial charge in [0, 0.05) is 24.0 Å². The molecule has 2 heterocycles. The number of likely N-dealkylation sites (tertiary alicyclic amines) is 1. The number of anilines is 1. The second-order valence-electron chi connectivity index (χ2n) is 10.2. The number of aliphatic imine (C=N–C) groups is 1. The van der Waals surface area contributed by atoms with Crippen LogP contribution in [0.25, 0.3) is 0 Å². The van der Waals surface area contributed by atoms with Crippen LogP contribution in [0, 0.1) is 6.92 Å². The molecule has 2 N–H and O–H groups in total. The number of hydrogen-bond acceptors (Lipinski definition) is 4. The molecule has 190 valence electrons. The van der Waals surface area contributed by atoms with Gasteiger partial charge in [-0.2, -0.15) is 0 Å². The molecule has 5 rings (SSSR count). The highest BCUT2D eigenvalue weighted by molar-refractivity contribution is 6.13. The molecule has 6 nitrogen and oxygen atoms in total. The largest absolute Gasteiger partial charge is 0.346 e. The van der Waals surface area contributed by atoms with Crippen LogP contribution >= 0.6 is 0 Å². The minimum atomic E-state index is -0.537. The van der Waals surface area contributed by atoms with Crippen molar-refractivity contribution in [3.05, 3.63) is 94.5 Å². The number of hydrogen-bond donors (Lipinski definition) is 2. The van der Waals surface area contributed by atoms with E-state index in [1.807, 2.05) is 50.2 Å². The fourth-order valence-electron chi connectivity index (χ4n) is 5.02. The molecule has 6 heteroatoms. The van der Waals surface area contributed by atoms with E-state index in [1.165, 1.54) is 43.5 Å². The minimum Gasteiger partial charge on any atom is -0.346 e. The van der Waals surface area contributed by atoms with Gasteiger partial charge in [-0.25, -0.2) is 0 Å². The van der Waals surface area contributed by atoms with Crippen molar-refractivity contribution in [2.75, 3.05) is 18.4 Å². The summed E-state index contributed by atoms with van der Waals surface area (Å²) in [6.45, 7) is 7.31. The number of fused-ring (bicyclic) bond motifs is 1. The Morgan fingerprint density at radius 1 is 1.05 bits per heavy atom. The lowest BCUT2D eigenvalue weighted by atomic mass is 9.99. The summed E-state index contributed by atoms with van der Waals surface area (Å²) in [5, 5.41) is 5.97. The normalized spacial score (nSPS) is 18.4. The number of amides is 2. The molecule has 0 aliphatic carbocycles. The Hall–Kier alpha value is -3.77. The van der Waals surface area contributed by atoms with Gasteiger partial charge in [0.15, 0.2) is 0 Å². The Bertz CT molecular complexity index is 1290. The second kappa shape index (κ2) is 11.1. The van der Waals surface area contributed by atoms with Crippen molar-refractivity contribution in [3.63, 3.8) is 0 Å². The maximum absolute atomic E-state index is 13.0. The first kappa shape index (κ1) is 24.9. The molecule has 1 fully saturated rings. The summed E-state index contributed by atoms with van der Waals surface area (Å²) in [6, 6.07) is 21.6. The van der Waals surface area contributed by atoms with Crippen molar-refractivity contribution in [3.8, 4) is 0 Å². The molecule has 1 saturated heterocycles. The van der Waals surface area contributed by atoms with Crippen molar-refractivity contribution in [2.45, 2.75) is 51.6 Å². The molecule has 2 amide bonds. The van der Waals surface area contributed by atoms with Crippen molar-refractivity contribution in [1.82, 2.24) is 10.2 Å². The average Bonchev–Trinajstić information content (AvgIpc) is 3.23. The third kappa shape index (κ3) is 5.97. The van der Waals surface area contributed by atoms with E-state index in [0.717, 1.165) is 29.0 Å². The zero-order chi connectivity index (χ0) is 25.8. The van der Waals surface area contributed by atoms with Gasteiger partial charge in [0.2, 0.25) is 5.91 Å². The van der Waals surface area contributed by atoms with Gasteiger partial charge in [-0.15, -0.1) is 0 Å². The maximum Gasteiger partial charge on any atom is 0.251 e. The first-order valence-corrected chi connectivity index (χ1v) is 13.1. The van der Waals surface area contributed by atoms with Crippen LogP contribution in [-0.4, -0.2) is 36.0 Å². The van der Waals surface area contributed by atoms with Gasteiger partial charge in [0.1, 0.15) is 5.92 Å². The monoisotopic (exact) mass is 494 g/mol. The van der Waals surface area contributed by atoms with Crippen LogP contribution < -0.4 is 10.6 Å². The van der Waals surface area contributed by atoms with Gasteiger partial charge in [0.25, 0.3) is 5.91 Å². The Balaban J connectivity index is 1.26. The lowest BCUT2D eigenvalue weighted by Gasteiger charge is -2.26. The number of carbonyl (C=O) groups excluding carboxylic acids is 2. The summed E-state index contributed by atoms with van der Waals surface area (Å²) in [6.07, 6.45) is 5.57. The lowest BCUT2D eigenvalue weighted by Crippen LogP contribution is -2.28. The summed E-state index contributed by atoms with van der Waals surface area (Å²) in [7, 11) is 0. The Labute approximate surface area is 218 Å². The molecule has 2 aliphatic rings. The number of nitrogens with zero attached hydrogens (tertiary/aromatic N) is 2. The number of aryl methyl sites for hydroxylation is 1. The van der Waals surface area contributed by atoms with Crippen LogP contribution in [0.3, 0.4) is 0 Å². The number of benzene rings is 3. The van der Waals surface area contributed by atoms with E-state index in [2.05, 4.69) is 32.7 Å². The summed E-state index contributed by atoms with van der Waals surface area (Å²) >= 11 is 0. The van der Waals surface area contributed by atoms with Gasteiger partial charge in [-0.1, -0.05) is 48.4 Å². The molecule has 2 atom stereocenters. The van der Waals surface area contributed by atoms with E-state index < -0.39 is 5.92 Å². The van der Waals surface area contributed by atoms with E-state index in [1.54, 1.807) is 24.4 Å². The molecule has 0 aromatic heterocycles. The Kier molecular flexibility index (Phi) is 7.47. The van der Waals surface area contributed by atoms with Gasteiger partial charge in [0.05, 0.1) is 11.7 Å². The van der Waals surface area contributed by atoms with E-state index in [9.17, 15) is 9.59 Å². The van der Waals surface area contributed by atoms with Gasteiger partial charge >= 0.3 is 0 Å². The third-order valence-electron chi connectivity index (χ3n) is 7.28. The molecule has 37 heavy (non-hydrogen) atoms. The molecular weight excluding hydrogens is 460 g/mol. The van der Waals surface area contributed by atoms with Crippen molar-refractivity contribution in [1.29, 1.82) is 0 Å². The van der Waals surface area contributed by atoms with Crippen LogP contribution in [0.4, 0.5) is 11.4 Å². The Morgan fingerprint density at radius 2 is 1.78 bits per heavy atom. The predicted molar refractivity (Wildman–Crippen MR) is 149 cm³/mol. The molecule has 3 aromatic carbocycles. The number of rotatable bonds is 7. The predicted octanol–water partition coefficient (Wildman–Crippen LogP) is 5.91. The van der Waals surface area contributed by atoms with Gasteiger partial charge < -0.3 is 10.6 Å². The fraction of sp³-hybridized carbons (Fsp3) is 0.323.